The van der Waals surface area contributed by atoms with Gasteiger partial charge in [-0.3, -0.25) is 9.59 Å². The van der Waals surface area contributed by atoms with Crippen LogP contribution < -0.4 is 0 Å². The molecule has 0 spiro atoms. The van der Waals surface area contributed by atoms with Crippen molar-refractivity contribution in [2.24, 2.45) is 0 Å². The van der Waals surface area contributed by atoms with Crippen LogP contribution in [0.3, 0.4) is 0 Å². The Morgan fingerprint density at radius 1 is 1.38 bits per heavy atom. The molecule has 1 heterocycles. The zero-order valence-corrected chi connectivity index (χ0v) is 11.6. The number of aryl methyl sites for hydroxylation is 1. The van der Waals surface area contributed by atoms with E-state index in [1.807, 2.05) is 0 Å². The van der Waals surface area contributed by atoms with Gasteiger partial charge in [-0.25, -0.2) is 4.39 Å². The van der Waals surface area contributed by atoms with E-state index in [9.17, 15) is 14.0 Å². The fraction of sp³-hybridized carbons (Fsp3) is 0.467. The van der Waals surface area contributed by atoms with Crippen LogP contribution >= 0.6 is 0 Å². The molecule has 1 atom stereocenters. The number of hydrogen-bond donors (Lipinski definition) is 1. The first-order chi connectivity index (χ1) is 10.1. The van der Waals surface area contributed by atoms with E-state index >= 15 is 0 Å². The zero-order valence-electron chi connectivity index (χ0n) is 11.6. The third-order valence-corrected chi connectivity index (χ3v) is 3.46. The average molecular weight is 295 g/mol. The molecule has 0 aliphatic carbocycles. The number of halogens is 1. The van der Waals surface area contributed by atoms with E-state index in [-0.39, 0.29) is 31.1 Å². The summed E-state index contributed by atoms with van der Waals surface area (Å²) in [5.74, 6) is -1.35. The normalized spacial score (nSPS) is 18.5. The number of carbonyl (C=O) groups excluding carboxylic acids is 1. The molecular formula is C15H18FNO4. The fourth-order valence-electron chi connectivity index (χ4n) is 2.36. The van der Waals surface area contributed by atoms with Crippen molar-refractivity contribution in [3.05, 3.63) is 35.6 Å². The number of aliphatic carboxylic acids is 1. The van der Waals surface area contributed by atoms with Crippen molar-refractivity contribution in [2.45, 2.75) is 25.4 Å². The quantitative estimate of drug-likeness (QED) is 0.893. The molecule has 2 rings (SSSR count). The van der Waals surface area contributed by atoms with E-state index in [2.05, 4.69) is 0 Å². The lowest BCUT2D eigenvalue weighted by Crippen LogP contribution is -2.46. The van der Waals surface area contributed by atoms with Gasteiger partial charge in [-0.1, -0.05) is 18.2 Å². The molecule has 1 unspecified atom stereocenters. The van der Waals surface area contributed by atoms with Crippen LogP contribution in [0.2, 0.25) is 0 Å². The Morgan fingerprint density at radius 2 is 2.14 bits per heavy atom. The van der Waals surface area contributed by atoms with Crippen molar-refractivity contribution in [1.82, 2.24) is 4.90 Å². The van der Waals surface area contributed by atoms with Crippen LogP contribution in [0, 0.1) is 5.82 Å². The summed E-state index contributed by atoms with van der Waals surface area (Å²) in [5.41, 5.74) is 0.515. The van der Waals surface area contributed by atoms with Crippen LogP contribution in [-0.2, 0) is 20.7 Å². The number of benzene rings is 1. The lowest BCUT2D eigenvalue weighted by atomic mass is 10.1. The predicted octanol–water partition coefficient (Wildman–Crippen LogP) is 1.46. The van der Waals surface area contributed by atoms with E-state index in [0.717, 1.165) is 0 Å². The Labute approximate surface area is 122 Å². The van der Waals surface area contributed by atoms with Gasteiger partial charge in [-0.2, -0.15) is 0 Å². The molecule has 1 N–H and O–H groups in total. The SMILES string of the molecule is O=C(O)CC1CN(C(=O)CCc2ccccc2F)CCO1. The summed E-state index contributed by atoms with van der Waals surface area (Å²) in [4.78, 5) is 24.4. The number of rotatable bonds is 5. The number of hydrogen-bond acceptors (Lipinski definition) is 3. The summed E-state index contributed by atoms with van der Waals surface area (Å²) in [6.45, 7) is 1.07. The second kappa shape index (κ2) is 7.17. The first kappa shape index (κ1) is 15.4. The minimum absolute atomic E-state index is 0.100. The van der Waals surface area contributed by atoms with Gasteiger partial charge in [-0.05, 0) is 18.1 Å². The maximum Gasteiger partial charge on any atom is 0.306 e. The molecule has 1 aliphatic rings. The second-order valence-electron chi connectivity index (χ2n) is 5.02. The molecule has 1 aromatic rings. The third kappa shape index (κ3) is 4.53. The van der Waals surface area contributed by atoms with Gasteiger partial charge < -0.3 is 14.7 Å². The molecule has 0 bridgehead atoms. The van der Waals surface area contributed by atoms with Crippen LogP contribution in [0.4, 0.5) is 4.39 Å². The lowest BCUT2D eigenvalue weighted by Gasteiger charge is -2.32. The van der Waals surface area contributed by atoms with Gasteiger partial charge in [-0.15, -0.1) is 0 Å². The Balaban J connectivity index is 1.85. The number of carboxylic acid groups (broad SMARTS) is 1. The number of ether oxygens (including phenoxy) is 1. The molecule has 5 nitrogen and oxygen atoms in total. The molecule has 0 saturated carbocycles. The minimum atomic E-state index is -0.944. The molecule has 0 aromatic heterocycles. The van der Waals surface area contributed by atoms with Crippen molar-refractivity contribution in [2.75, 3.05) is 19.7 Å². The van der Waals surface area contributed by atoms with Crippen molar-refractivity contribution in [1.29, 1.82) is 0 Å². The van der Waals surface area contributed by atoms with Gasteiger partial charge >= 0.3 is 5.97 Å². The molecule has 0 radical (unpaired) electrons. The van der Waals surface area contributed by atoms with Crippen molar-refractivity contribution < 1.29 is 23.8 Å². The van der Waals surface area contributed by atoms with Crippen molar-refractivity contribution >= 4 is 11.9 Å². The Morgan fingerprint density at radius 3 is 2.86 bits per heavy atom. The lowest BCUT2D eigenvalue weighted by molar-refractivity contribution is -0.147. The summed E-state index contributed by atoms with van der Waals surface area (Å²) in [6, 6.07) is 6.38. The predicted molar refractivity (Wildman–Crippen MR) is 73.3 cm³/mol. The van der Waals surface area contributed by atoms with Crippen LogP contribution in [-0.4, -0.2) is 47.7 Å². The summed E-state index contributed by atoms with van der Waals surface area (Å²) in [5, 5.41) is 8.75. The van der Waals surface area contributed by atoms with E-state index in [4.69, 9.17) is 9.84 Å². The topological polar surface area (TPSA) is 66.8 Å². The first-order valence-corrected chi connectivity index (χ1v) is 6.91. The van der Waals surface area contributed by atoms with Gasteiger partial charge in [0.05, 0.1) is 19.1 Å². The number of nitrogens with zero attached hydrogens (tertiary/aromatic N) is 1. The number of amides is 1. The highest BCUT2D eigenvalue weighted by molar-refractivity contribution is 5.76. The van der Waals surface area contributed by atoms with Crippen LogP contribution in [0.5, 0.6) is 0 Å². The molecule has 114 valence electrons. The summed E-state index contributed by atoms with van der Waals surface area (Å²) in [6.07, 6.45) is -0.0294. The van der Waals surface area contributed by atoms with Crippen molar-refractivity contribution in [3.63, 3.8) is 0 Å². The number of morpholine rings is 1. The van der Waals surface area contributed by atoms with Gasteiger partial charge in [0.2, 0.25) is 5.91 Å². The monoisotopic (exact) mass is 295 g/mol. The van der Waals surface area contributed by atoms with Crippen LogP contribution in [0.1, 0.15) is 18.4 Å². The van der Waals surface area contributed by atoms with E-state index in [0.29, 0.717) is 25.1 Å². The zero-order chi connectivity index (χ0) is 15.2. The second-order valence-corrected chi connectivity index (χ2v) is 5.02. The minimum Gasteiger partial charge on any atom is -0.481 e. The largest absolute Gasteiger partial charge is 0.481 e. The number of carboxylic acids is 1. The molecular weight excluding hydrogens is 277 g/mol. The molecule has 21 heavy (non-hydrogen) atoms. The summed E-state index contributed by atoms with van der Waals surface area (Å²) < 4.78 is 18.8. The van der Waals surface area contributed by atoms with Crippen LogP contribution in [0.15, 0.2) is 24.3 Å². The van der Waals surface area contributed by atoms with Gasteiger partial charge in [0.1, 0.15) is 5.82 Å². The highest BCUT2D eigenvalue weighted by Gasteiger charge is 2.25. The Bertz CT molecular complexity index is 520. The van der Waals surface area contributed by atoms with Gasteiger partial charge in [0, 0.05) is 19.5 Å². The molecule has 6 heteroatoms. The molecule has 1 amide bonds. The number of carbonyl (C=O) groups is 2. The van der Waals surface area contributed by atoms with Crippen LogP contribution in [0.25, 0.3) is 0 Å². The van der Waals surface area contributed by atoms with E-state index < -0.39 is 12.1 Å². The Hall–Kier alpha value is -1.95. The molecule has 1 fully saturated rings. The first-order valence-electron chi connectivity index (χ1n) is 6.91. The maximum absolute atomic E-state index is 13.5. The van der Waals surface area contributed by atoms with E-state index in [1.165, 1.54) is 6.07 Å². The molecule has 1 aromatic carbocycles. The van der Waals surface area contributed by atoms with E-state index in [1.54, 1.807) is 23.1 Å². The molecule has 1 saturated heterocycles. The third-order valence-electron chi connectivity index (χ3n) is 3.46. The fourth-order valence-corrected chi connectivity index (χ4v) is 2.36. The average Bonchev–Trinajstić information content (AvgIpc) is 2.45. The highest BCUT2D eigenvalue weighted by Crippen LogP contribution is 2.13. The molecule has 1 aliphatic heterocycles. The standard InChI is InChI=1S/C15H18FNO4/c16-13-4-2-1-3-11(13)5-6-14(18)17-7-8-21-12(10-17)9-15(19)20/h1-4,12H,5-10H2,(H,19,20). The summed E-state index contributed by atoms with van der Waals surface area (Å²) >= 11 is 0. The summed E-state index contributed by atoms with van der Waals surface area (Å²) in [7, 11) is 0. The van der Waals surface area contributed by atoms with Gasteiger partial charge in [0.25, 0.3) is 0 Å². The van der Waals surface area contributed by atoms with Gasteiger partial charge in [0.15, 0.2) is 0 Å². The Kier molecular flexibility index (Phi) is 5.27. The smallest absolute Gasteiger partial charge is 0.306 e. The highest BCUT2D eigenvalue weighted by atomic mass is 19.1. The maximum atomic E-state index is 13.5. The van der Waals surface area contributed by atoms with Crippen molar-refractivity contribution in [3.8, 4) is 0 Å².